The number of hydrogen-bond donors (Lipinski definition) is 1. The van der Waals surface area contributed by atoms with E-state index < -0.39 is 5.97 Å². The molecule has 0 spiro atoms. The van der Waals surface area contributed by atoms with Gasteiger partial charge in [0.25, 0.3) is 5.91 Å². The van der Waals surface area contributed by atoms with Crippen molar-refractivity contribution in [3.05, 3.63) is 93.8 Å². The van der Waals surface area contributed by atoms with Gasteiger partial charge in [-0.25, -0.2) is 0 Å². The van der Waals surface area contributed by atoms with Crippen LogP contribution in [0.15, 0.2) is 72.1 Å². The maximum Gasteiger partial charge on any atom is 0.277 e. The number of fused-ring (bicyclic) bond motifs is 1. The third-order valence-electron chi connectivity index (χ3n) is 5.01. The van der Waals surface area contributed by atoms with Crippen LogP contribution in [0, 0.1) is 0 Å². The molecule has 1 aliphatic rings. The van der Waals surface area contributed by atoms with Crippen molar-refractivity contribution in [2.45, 2.75) is 6.04 Å². The Morgan fingerprint density at radius 2 is 1.79 bits per heavy atom. The molecular formula is C22H14N3O3S-. The summed E-state index contributed by atoms with van der Waals surface area (Å²) in [4.78, 5) is 27.1. The highest BCUT2D eigenvalue weighted by molar-refractivity contribution is 7.10. The lowest BCUT2D eigenvalue weighted by molar-refractivity contribution is -0.255. The fraction of sp³-hybridized carbons (Fsp3) is 0.0455. The van der Waals surface area contributed by atoms with Crippen molar-refractivity contribution in [2.75, 3.05) is 4.90 Å². The molecule has 1 N–H and O–H groups in total. The molecule has 2 aromatic heterocycles. The fourth-order valence-corrected chi connectivity index (χ4v) is 4.53. The number of nitrogens with one attached hydrogen (secondary N) is 1. The second-order valence-electron chi connectivity index (χ2n) is 6.65. The molecule has 0 saturated carbocycles. The standard InChI is InChI=1S/C22H15N3O3S/c26-21-19-17(18(23-24-19)13-5-2-1-3-6-13)20(16-7-4-12-29-16)25(21)15-10-8-14(9-11-15)22(27)28/h1-12,20H,(H,23,24)(H,27,28)/p-1/t20-/m0/s1. The van der Waals surface area contributed by atoms with Crippen LogP contribution in [0.25, 0.3) is 11.3 Å². The second-order valence-corrected chi connectivity index (χ2v) is 7.63. The zero-order valence-electron chi connectivity index (χ0n) is 15.0. The quantitative estimate of drug-likeness (QED) is 0.569. The van der Waals surface area contributed by atoms with Gasteiger partial charge in [0, 0.05) is 21.7 Å². The number of carboxylic acid groups (broad SMARTS) is 1. The zero-order chi connectivity index (χ0) is 20.0. The lowest BCUT2D eigenvalue weighted by atomic mass is 10.0. The largest absolute Gasteiger partial charge is 0.545 e. The fourth-order valence-electron chi connectivity index (χ4n) is 3.70. The predicted molar refractivity (Wildman–Crippen MR) is 108 cm³/mol. The van der Waals surface area contributed by atoms with Crippen molar-refractivity contribution >= 4 is 28.9 Å². The molecule has 3 heterocycles. The van der Waals surface area contributed by atoms with Crippen LogP contribution in [0.5, 0.6) is 0 Å². The van der Waals surface area contributed by atoms with E-state index in [4.69, 9.17) is 0 Å². The molecule has 0 fully saturated rings. The number of aromatic carboxylic acids is 1. The molecule has 4 aromatic rings. The Kier molecular flexibility index (Phi) is 4.03. The number of amides is 1. The molecule has 29 heavy (non-hydrogen) atoms. The van der Waals surface area contributed by atoms with E-state index in [0.717, 1.165) is 21.7 Å². The number of carbonyl (C=O) groups is 2. The van der Waals surface area contributed by atoms with E-state index in [0.29, 0.717) is 11.4 Å². The first-order chi connectivity index (χ1) is 14.1. The van der Waals surface area contributed by atoms with Crippen LogP contribution in [-0.2, 0) is 0 Å². The van der Waals surface area contributed by atoms with Crippen molar-refractivity contribution in [3.8, 4) is 11.3 Å². The number of rotatable bonds is 4. The maximum atomic E-state index is 13.3. The van der Waals surface area contributed by atoms with E-state index in [2.05, 4.69) is 10.2 Å². The van der Waals surface area contributed by atoms with E-state index in [1.807, 2.05) is 47.8 Å². The minimum atomic E-state index is -1.25. The number of aromatic nitrogens is 2. The Balaban J connectivity index is 1.67. The first-order valence-electron chi connectivity index (χ1n) is 8.97. The maximum absolute atomic E-state index is 13.3. The van der Waals surface area contributed by atoms with Gasteiger partial charge in [0.1, 0.15) is 11.7 Å². The number of benzene rings is 2. The van der Waals surface area contributed by atoms with Gasteiger partial charge in [-0.2, -0.15) is 5.10 Å². The Hall–Kier alpha value is -3.71. The van der Waals surface area contributed by atoms with E-state index >= 15 is 0 Å². The monoisotopic (exact) mass is 400 g/mol. The number of carbonyl (C=O) groups excluding carboxylic acids is 2. The van der Waals surface area contributed by atoms with Gasteiger partial charge < -0.3 is 9.90 Å². The molecule has 0 radical (unpaired) electrons. The summed E-state index contributed by atoms with van der Waals surface area (Å²) in [5, 5.41) is 20.4. The molecule has 1 atom stereocenters. The minimum Gasteiger partial charge on any atom is -0.545 e. The summed E-state index contributed by atoms with van der Waals surface area (Å²) < 4.78 is 0. The molecule has 0 saturated heterocycles. The number of hydrogen-bond acceptors (Lipinski definition) is 5. The van der Waals surface area contributed by atoms with E-state index in [9.17, 15) is 14.7 Å². The van der Waals surface area contributed by atoms with Crippen LogP contribution < -0.4 is 10.0 Å². The number of thiophene rings is 1. The molecule has 7 heteroatoms. The molecule has 0 aliphatic carbocycles. The topological polar surface area (TPSA) is 89.1 Å². The number of nitrogens with zero attached hydrogens (tertiary/aromatic N) is 2. The van der Waals surface area contributed by atoms with Gasteiger partial charge in [0.2, 0.25) is 0 Å². The average molecular weight is 400 g/mol. The molecule has 6 nitrogen and oxygen atoms in total. The van der Waals surface area contributed by atoms with Gasteiger partial charge in [0.05, 0.1) is 11.7 Å². The second kappa shape index (κ2) is 6.72. The molecule has 0 unspecified atom stereocenters. The van der Waals surface area contributed by atoms with Crippen LogP contribution in [0.2, 0.25) is 0 Å². The molecule has 2 aromatic carbocycles. The van der Waals surface area contributed by atoms with E-state index in [1.165, 1.54) is 12.1 Å². The lowest BCUT2D eigenvalue weighted by Crippen LogP contribution is -2.29. The number of carboxylic acids is 1. The molecule has 142 valence electrons. The summed E-state index contributed by atoms with van der Waals surface area (Å²) in [7, 11) is 0. The smallest absolute Gasteiger partial charge is 0.277 e. The Bertz CT molecular complexity index is 1200. The SMILES string of the molecule is O=C([O-])c1ccc(N2C(=O)c3[nH]nc(-c4ccccc4)c3[C@@H]2c2cccs2)cc1. The van der Waals surface area contributed by atoms with Crippen LogP contribution in [0.1, 0.15) is 37.3 Å². The van der Waals surface area contributed by atoms with E-state index in [-0.39, 0.29) is 17.5 Å². The van der Waals surface area contributed by atoms with Crippen molar-refractivity contribution in [1.29, 1.82) is 0 Å². The van der Waals surface area contributed by atoms with Crippen molar-refractivity contribution < 1.29 is 14.7 Å². The summed E-state index contributed by atoms with van der Waals surface area (Å²) >= 11 is 1.56. The average Bonchev–Trinajstić information content (AvgIpc) is 3.47. The summed E-state index contributed by atoms with van der Waals surface area (Å²) in [6.45, 7) is 0. The molecule has 0 bridgehead atoms. The summed E-state index contributed by atoms with van der Waals surface area (Å²) in [6.07, 6.45) is 0. The van der Waals surface area contributed by atoms with Crippen LogP contribution in [0.4, 0.5) is 5.69 Å². The molecular weight excluding hydrogens is 386 g/mol. The third kappa shape index (κ3) is 2.75. The van der Waals surface area contributed by atoms with Crippen LogP contribution in [-0.4, -0.2) is 22.1 Å². The first kappa shape index (κ1) is 17.4. The van der Waals surface area contributed by atoms with Gasteiger partial charge in [0.15, 0.2) is 0 Å². The first-order valence-corrected chi connectivity index (χ1v) is 9.85. The van der Waals surface area contributed by atoms with Gasteiger partial charge >= 0.3 is 0 Å². The third-order valence-corrected chi connectivity index (χ3v) is 5.93. The number of anilines is 1. The zero-order valence-corrected chi connectivity index (χ0v) is 15.8. The number of aromatic amines is 1. The minimum absolute atomic E-state index is 0.0678. The van der Waals surface area contributed by atoms with Crippen molar-refractivity contribution in [3.63, 3.8) is 0 Å². The van der Waals surface area contributed by atoms with Crippen LogP contribution in [0.3, 0.4) is 0 Å². The van der Waals surface area contributed by atoms with Gasteiger partial charge in [-0.15, -0.1) is 11.3 Å². The molecule has 1 amide bonds. The highest BCUT2D eigenvalue weighted by Gasteiger charge is 2.43. The summed E-state index contributed by atoms with van der Waals surface area (Å²) in [5.74, 6) is -1.45. The molecule has 1 aliphatic heterocycles. The Labute approximate surface area is 170 Å². The predicted octanol–water partition coefficient (Wildman–Crippen LogP) is 3.25. The normalized spacial score (nSPS) is 15.5. The summed E-state index contributed by atoms with van der Waals surface area (Å²) in [5.41, 5.74) is 3.62. The van der Waals surface area contributed by atoms with Gasteiger partial charge in [-0.05, 0) is 29.1 Å². The van der Waals surface area contributed by atoms with Crippen molar-refractivity contribution in [1.82, 2.24) is 10.2 Å². The molecule has 5 rings (SSSR count). The van der Waals surface area contributed by atoms with Crippen molar-refractivity contribution in [2.24, 2.45) is 0 Å². The lowest BCUT2D eigenvalue weighted by Gasteiger charge is -2.25. The highest BCUT2D eigenvalue weighted by atomic mass is 32.1. The summed E-state index contributed by atoms with van der Waals surface area (Å²) in [6, 6.07) is 19.5. The van der Waals surface area contributed by atoms with Gasteiger partial charge in [-0.3, -0.25) is 14.8 Å². The Morgan fingerprint density at radius 3 is 2.45 bits per heavy atom. The number of H-pyrrole nitrogens is 1. The van der Waals surface area contributed by atoms with E-state index in [1.54, 1.807) is 28.4 Å². The van der Waals surface area contributed by atoms with Crippen LogP contribution >= 0.6 is 11.3 Å². The highest BCUT2D eigenvalue weighted by Crippen LogP contribution is 2.46. The van der Waals surface area contributed by atoms with Gasteiger partial charge in [-0.1, -0.05) is 48.5 Å². The Morgan fingerprint density at radius 1 is 1.03 bits per heavy atom.